The van der Waals surface area contributed by atoms with Gasteiger partial charge in [-0.2, -0.15) is 0 Å². The summed E-state index contributed by atoms with van der Waals surface area (Å²) < 4.78 is 1.00. The zero-order chi connectivity index (χ0) is 11.9. The predicted octanol–water partition coefficient (Wildman–Crippen LogP) is -1.40. The summed E-state index contributed by atoms with van der Waals surface area (Å²) in [6.45, 7) is 0. The van der Waals surface area contributed by atoms with Crippen LogP contribution in [0, 0.1) is 0 Å². The predicted molar refractivity (Wildman–Crippen MR) is 53.4 cm³/mol. The second kappa shape index (κ2) is 6.33. The molecule has 0 aliphatic carbocycles. The van der Waals surface area contributed by atoms with E-state index in [1.165, 1.54) is 0 Å². The number of primary amides is 1. The van der Waals surface area contributed by atoms with Crippen molar-refractivity contribution in [2.24, 2.45) is 11.5 Å². The minimum Gasteiger partial charge on any atom is -0.480 e. The van der Waals surface area contributed by atoms with Crippen molar-refractivity contribution in [2.45, 2.75) is 12.5 Å². The third-order valence-corrected chi connectivity index (χ3v) is 0.738. The molecule has 0 radical (unpaired) electrons. The van der Waals surface area contributed by atoms with E-state index in [2.05, 4.69) is 33.9 Å². The number of carboxylic acid groups (broad SMARTS) is 1. The molecule has 14 heavy (non-hydrogen) atoms. The van der Waals surface area contributed by atoms with E-state index < -0.39 is 17.9 Å². The molecule has 0 aromatic carbocycles. The molecule has 0 fully saturated rings. The summed E-state index contributed by atoms with van der Waals surface area (Å²) in [5, 5.41) is 8.10. The van der Waals surface area contributed by atoms with Gasteiger partial charge in [-0.15, -0.1) is 0 Å². The lowest BCUT2D eigenvalue weighted by molar-refractivity contribution is -0.849. The van der Waals surface area contributed by atoms with Gasteiger partial charge in [0.1, 0.15) is 6.04 Å². The van der Waals surface area contributed by atoms with Crippen LogP contribution >= 0.6 is 0 Å². The molecular formula is C8H20N3O3+. The molecule has 0 saturated carbocycles. The number of rotatable bonds is 3. The maximum atomic E-state index is 9.99. The lowest BCUT2D eigenvalue weighted by Gasteiger charge is -2.14. The lowest BCUT2D eigenvalue weighted by atomic mass is 10.2. The number of hydrogen-bond acceptors (Lipinski definition) is 3. The molecule has 0 aromatic heterocycles. The van der Waals surface area contributed by atoms with E-state index in [-0.39, 0.29) is 6.42 Å². The highest BCUT2D eigenvalue weighted by molar-refractivity contribution is 5.82. The van der Waals surface area contributed by atoms with Crippen LogP contribution in [0.3, 0.4) is 0 Å². The normalized spacial score (nSPS) is 12.4. The molecule has 0 saturated heterocycles. The summed E-state index contributed by atoms with van der Waals surface area (Å²) in [5.74, 6) is -1.92. The van der Waals surface area contributed by atoms with Crippen LogP contribution in [0.5, 0.6) is 0 Å². The number of carbonyl (C=O) groups is 2. The molecule has 84 valence electrons. The standard InChI is InChI=1S/C4H8N2O3.C4H12N/c5-2(4(8)9)1-3(6)7;1-5(2,3)4/h2H,1,5H2,(H2,6,7)(H,8,9);1-4H3/q;+1. The quantitative estimate of drug-likeness (QED) is 0.493. The Morgan fingerprint density at radius 3 is 1.64 bits per heavy atom. The minimum atomic E-state index is -1.21. The van der Waals surface area contributed by atoms with E-state index in [0.717, 1.165) is 4.48 Å². The van der Waals surface area contributed by atoms with Crippen molar-refractivity contribution < 1.29 is 19.2 Å². The van der Waals surface area contributed by atoms with Gasteiger partial charge in [0.15, 0.2) is 0 Å². The van der Waals surface area contributed by atoms with Crippen molar-refractivity contribution in [1.82, 2.24) is 0 Å². The summed E-state index contributed by atoms with van der Waals surface area (Å²) in [6.07, 6.45) is -0.310. The monoisotopic (exact) mass is 206 g/mol. The van der Waals surface area contributed by atoms with Crippen LogP contribution in [0.15, 0.2) is 0 Å². The van der Waals surface area contributed by atoms with Gasteiger partial charge in [0.25, 0.3) is 0 Å². The van der Waals surface area contributed by atoms with Gasteiger partial charge in [-0.1, -0.05) is 0 Å². The van der Waals surface area contributed by atoms with Crippen LogP contribution in [0.1, 0.15) is 6.42 Å². The Morgan fingerprint density at radius 2 is 1.57 bits per heavy atom. The van der Waals surface area contributed by atoms with Crippen molar-refractivity contribution in [2.75, 3.05) is 28.2 Å². The number of aliphatic carboxylic acids is 1. The zero-order valence-electron chi connectivity index (χ0n) is 9.15. The highest BCUT2D eigenvalue weighted by atomic mass is 16.4. The topological polar surface area (TPSA) is 106 Å². The van der Waals surface area contributed by atoms with Crippen molar-refractivity contribution in [1.29, 1.82) is 0 Å². The van der Waals surface area contributed by atoms with Crippen LogP contribution in [-0.2, 0) is 9.59 Å². The maximum Gasteiger partial charge on any atom is 0.321 e. The summed E-state index contributed by atoms with van der Waals surface area (Å²) in [7, 11) is 8.50. The molecule has 1 unspecified atom stereocenters. The van der Waals surface area contributed by atoms with E-state index in [1.807, 2.05) is 0 Å². The van der Waals surface area contributed by atoms with Gasteiger partial charge in [0, 0.05) is 0 Å². The summed E-state index contributed by atoms with van der Waals surface area (Å²) in [4.78, 5) is 19.9. The second-order valence-electron chi connectivity index (χ2n) is 4.30. The van der Waals surface area contributed by atoms with Gasteiger partial charge in [-0.05, 0) is 0 Å². The SMILES string of the molecule is C[N+](C)(C)C.NC(=O)CC(N)C(=O)O. The summed E-state index contributed by atoms with van der Waals surface area (Å²) in [5.41, 5.74) is 9.57. The molecular weight excluding hydrogens is 186 g/mol. The van der Waals surface area contributed by atoms with Crippen LogP contribution in [0.2, 0.25) is 0 Å². The number of amides is 1. The number of nitrogens with zero attached hydrogens (tertiary/aromatic N) is 1. The zero-order valence-corrected chi connectivity index (χ0v) is 9.15. The van der Waals surface area contributed by atoms with E-state index in [1.54, 1.807) is 0 Å². The first kappa shape index (κ1) is 15.3. The summed E-state index contributed by atoms with van der Waals surface area (Å²) in [6, 6.07) is -1.16. The Bertz CT molecular complexity index is 192. The largest absolute Gasteiger partial charge is 0.480 e. The maximum absolute atomic E-state index is 9.99. The van der Waals surface area contributed by atoms with Crippen molar-refractivity contribution >= 4 is 11.9 Å². The van der Waals surface area contributed by atoms with E-state index in [0.29, 0.717) is 0 Å². The average Bonchev–Trinajstić information content (AvgIpc) is 1.80. The first-order chi connectivity index (χ1) is 6.04. The molecule has 6 nitrogen and oxygen atoms in total. The van der Waals surface area contributed by atoms with Crippen molar-refractivity contribution in [3.8, 4) is 0 Å². The van der Waals surface area contributed by atoms with Crippen LogP contribution in [0.4, 0.5) is 0 Å². The molecule has 1 amide bonds. The molecule has 0 aromatic rings. The molecule has 6 heteroatoms. The number of nitrogens with two attached hydrogens (primary N) is 2. The van der Waals surface area contributed by atoms with E-state index >= 15 is 0 Å². The van der Waals surface area contributed by atoms with Gasteiger partial charge in [-0.25, -0.2) is 0 Å². The van der Waals surface area contributed by atoms with E-state index in [4.69, 9.17) is 10.8 Å². The fourth-order valence-electron chi connectivity index (χ4n) is 0.304. The Kier molecular flexibility index (Phi) is 6.94. The van der Waals surface area contributed by atoms with Crippen LogP contribution in [0.25, 0.3) is 0 Å². The smallest absolute Gasteiger partial charge is 0.321 e. The molecule has 0 heterocycles. The van der Waals surface area contributed by atoms with Gasteiger partial charge >= 0.3 is 5.97 Å². The van der Waals surface area contributed by atoms with Crippen LogP contribution in [-0.4, -0.2) is 55.7 Å². The first-order valence-corrected chi connectivity index (χ1v) is 4.09. The van der Waals surface area contributed by atoms with Gasteiger partial charge in [-0.3, -0.25) is 9.59 Å². The second-order valence-corrected chi connectivity index (χ2v) is 4.30. The number of quaternary nitrogens is 1. The lowest BCUT2D eigenvalue weighted by Crippen LogP contribution is -2.34. The van der Waals surface area contributed by atoms with Crippen molar-refractivity contribution in [3.05, 3.63) is 0 Å². The Balaban J connectivity index is 0. The fraction of sp³-hybridized carbons (Fsp3) is 0.750. The molecule has 0 bridgehead atoms. The average molecular weight is 206 g/mol. The Hall–Kier alpha value is -1.14. The van der Waals surface area contributed by atoms with Gasteiger partial charge < -0.3 is 21.1 Å². The molecule has 0 spiro atoms. The molecule has 1 atom stereocenters. The first-order valence-electron chi connectivity index (χ1n) is 4.09. The number of carbonyl (C=O) groups excluding carboxylic acids is 1. The molecule has 0 aliphatic rings. The molecule has 0 aliphatic heterocycles. The molecule has 5 N–H and O–H groups in total. The fourth-order valence-corrected chi connectivity index (χ4v) is 0.304. The third kappa shape index (κ3) is 22.4. The third-order valence-electron chi connectivity index (χ3n) is 0.738. The van der Waals surface area contributed by atoms with E-state index in [9.17, 15) is 9.59 Å². The highest BCUT2D eigenvalue weighted by Gasteiger charge is 2.13. The van der Waals surface area contributed by atoms with Crippen LogP contribution < -0.4 is 11.5 Å². The Labute approximate surface area is 84.1 Å². The van der Waals surface area contributed by atoms with Gasteiger partial charge in [0.2, 0.25) is 5.91 Å². The highest BCUT2D eigenvalue weighted by Crippen LogP contribution is 1.84. The molecule has 0 rings (SSSR count). The van der Waals surface area contributed by atoms with Gasteiger partial charge in [0.05, 0.1) is 34.6 Å². The number of carboxylic acids is 1. The number of hydrogen-bond donors (Lipinski definition) is 3. The summed E-state index contributed by atoms with van der Waals surface area (Å²) >= 11 is 0. The minimum absolute atomic E-state index is 0.310. The van der Waals surface area contributed by atoms with Crippen molar-refractivity contribution in [3.63, 3.8) is 0 Å². The Morgan fingerprint density at radius 1 is 1.29 bits per heavy atom.